The van der Waals surface area contributed by atoms with E-state index in [9.17, 15) is 0 Å². The van der Waals surface area contributed by atoms with Gasteiger partial charge in [0.2, 0.25) is 0 Å². The summed E-state index contributed by atoms with van der Waals surface area (Å²) in [6.45, 7) is 2.26. The van der Waals surface area contributed by atoms with Gasteiger partial charge in [0.1, 0.15) is 0 Å². The monoisotopic (exact) mass is 383 g/mol. The van der Waals surface area contributed by atoms with Crippen LogP contribution in [0.15, 0.2) is 97.1 Å². The Morgan fingerprint density at radius 1 is 0.679 bits per heavy atom. The van der Waals surface area contributed by atoms with Crippen LogP contribution in [0.1, 0.15) is 18.5 Å². The van der Waals surface area contributed by atoms with Gasteiger partial charge in [-0.3, -0.25) is 0 Å². The van der Waals surface area contributed by atoms with E-state index in [1.807, 2.05) is 0 Å². The maximum Gasteiger partial charge on any atom is 0.0314 e. The minimum absolute atomic E-state index is 0.386. The lowest BCUT2D eigenvalue weighted by Gasteiger charge is -2.23. The van der Waals surface area contributed by atoms with E-state index in [0.29, 0.717) is 6.04 Å². The van der Waals surface area contributed by atoms with Crippen LogP contribution in [0.5, 0.6) is 0 Å². The van der Waals surface area contributed by atoms with Crippen LogP contribution in [0, 0.1) is 0 Å². The molecular formula is C26H26NP. The van der Waals surface area contributed by atoms with Crippen molar-refractivity contribution in [2.75, 3.05) is 14.1 Å². The van der Waals surface area contributed by atoms with Crippen molar-refractivity contribution >= 4 is 34.6 Å². The molecule has 2 heteroatoms. The van der Waals surface area contributed by atoms with Crippen molar-refractivity contribution in [1.29, 1.82) is 0 Å². The largest absolute Gasteiger partial charge is 0.303 e. The Morgan fingerprint density at radius 3 is 1.86 bits per heavy atom. The van der Waals surface area contributed by atoms with Crippen LogP contribution >= 0.6 is 7.92 Å². The summed E-state index contributed by atoms with van der Waals surface area (Å²) in [7, 11) is 3.67. The zero-order chi connectivity index (χ0) is 19.5. The molecule has 0 spiro atoms. The van der Waals surface area contributed by atoms with Gasteiger partial charge in [0.25, 0.3) is 0 Å². The SMILES string of the molecule is CC(c1ccc2cccc(P(c3ccccc3)c3ccccc3)c2c1)N(C)C. The van der Waals surface area contributed by atoms with E-state index < -0.39 is 7.92 Å². The molecule has 0 aliphatic carbocycles. The zero-order valence-corrected chi connectivity index (χ0v) is 17.6. The summed E-state index contributed by atoms with van der Waals surface area (Å²) >= 11 is 0. The first kappa shape index (κ1) is 18.9. The van der Waals surface area contributed by atoms with E-state index in [-0.39, 0.29) is 0 Å². The quantitative estimate of drug-likeness (QED) is 0.427. The fraction of sp³-hybridized carbons (Fsp3) is 0.154. The van der Waals surface area contributed by atoms with E-state index in [2.05, 4.69) is 123 Å². The molecule has 1 nitrogen and oxygen atoms in total. The molecule has 1 unspecified atom stereocenters. The molecule has 0 heterocycles. The molecule has 0 N–H and O–H groups in total. The number of benzene rings is 4. The molecule has 0 saturated heterocycles. The van der Waals surface area contributed by atoms with Gasteiger partial charge in [-0.2, -0.15) is 0 Å². The molecule has 4 aromatic carbocycles. The average Bonchev–Trinajstić information content (AvgIpc) is 2.75. The van der Waals surface area contributed by atoms with E-state index >= 15 is 0 Å². The average molecular weight is 383 g/mol. The first-order valence-corrected chi connectivity index (χ1v) is 11.1. The summed E-state index contributed by atoms with van der Waals surface area (Å²) in [5, 5.41) is 6.89. The normalized spacial score (nSPS) is 12.6. The fourth-order valence-corrected chi connectivity index (χ4v) is 6.07. The Kier molecular flexibility index (Phi) is 5.57. The molecule has 0 aromatic heterocycles. The molecule has 0 amide bonds. The highest BCUT2D eigenvalue weighted by Crippen LogP contribution is 2.36. The highest BCUT2D eigenvalue weighted by molar-refractivity contribution is 7.80. The summed E-state index contributed by atoms with van der Waals surface area (Å²) in [6.07, 6.45) is 0. The van der Waals surface area contributed by atoms with Gasteiger partial charge in [0.05, 0.1) is 0 Å². The van der Waals surface area contributed by atoms with Crippen LogP contribution in [0.3, 0.4) is 0 Å². The van der Waals surface area contributed by atoms with Gasteiger partial charge in [-0.05, 0) is 67.3 Å². The molecule has 140 valence electrons. The number of rotatable bonds is 5. The Bertz CT molecular complexity index is 1020. The molecule has 0 aliphatic heterocycles. The van der Waals surface area contributed by atoms with Gasteiger partial charge < -0.3 is 4.90 Å². The molecule has 0 saturated carbocycles. The minimum atomic E-state index is -0.606. The van der Waals surface area contributed by atoms with Crippen molar-refractivity contribution < 1.29 is 0 Å². The zero-order valence-electron chi connectivity index (χ0n) is 16.7. The summed E-state index contributed by atoms with van der Waals surface area (Å²) in [6, 6.07) is 36.0. The Labute approximate surface area is 169 Å². The first-order chi connectivity index (χ1) is 13.6. The number of nitrogens with zero attached hydrogens (tertiary/aromatic N) is 1. The van der Waals surface area contributed by atoms with Gasteiger partial charge in [-0.1, -0.05) is 91.0 Å². The topological polar surface area (TPSA) is 3.24 Å². The molecule has 4 rings (SSSR count). The smallest absolute Gasteiger partial charge is 0.0314 e. The van der Waals surface area contributed by atoms with Gasteiger partial charge in [-0.25, -0.2) is 0 Å². The summed E-state index contributed by atoms with van der Waals surface area (Å²) in [4.78, 5) is 2.26. The molecule has 0 fully saturated rings. The van der Waals surface area contributed by atoms with Crippen LogP contribution in [0.2, 0.25) is 0 Å². The van der Waals surface area contributed by atoms with E-state index in [4.69, 9.17) is 0 Å². The van der Waals surface area contributed by atoms with Gasteiger partial charge in [0, 0.05) is 6.04 Å². The second-order valence-corrected chi connectivity index (χ2v) is 9.59. The Balaban J connectivity index is 1.94. The first-order valence-electron chi connectivity index (χ1n) is 9.74. The van der Waals surface area contributed by atoms with Crippen molar-refractivity contribution in [3.8, 4) is 0 Å². The maximum atomic E-state index is 2.40. The van der Waals surface area contributed by atoms with Crippen molar-refractivity contribution in [2.24, 2.45) is 0 Å². The van der Waals surface area contributed by atoms with E-state index in [1.165, 1.54) is 32.2 Å². The summed E-state index contributed by atoms with van der Waals surface area (Å²) in [5.41, 5.74) is 1.36. The third-order valence-corrected chi connectivity index (χ3v) is 7.91. The third kappa shape index (κ3) is 3.74. The lowest BCUT2D eigenvalue weighted by molar-refractivity contribution is 0.321. The predicted octanol–water partition coefficient (Wildman–Crippen LogP) is 5.22. The predicted molar refractivity (Wildman–Crippen MR) is 125 cm³/mol. The van der Waals surface area contributed by atoms with Crippen molar-refractivity contribution in [3.05, 3.63) is 103 Å². The molecule has 1 atom stereocenters. The van der Waals surface area contributed by atoms with E-state index in [1.54, 1.807) is 0 Å². The number of hydrogen-bond donors (Lipinski definition) is 0. The summed E-state index contributed by atoms with van der Waals surface area (Å²) in [5.74, 6) is 0. The van der Waals surface area contributed by atoms with Gasteiger partial charge >= 0.3 is 0 Å². The number of fused-ring (bicyclic) bond motifs is 1. The highest BCUT2D eigenvalue weighted by Gasteiger charge is 2.19. The molecule has 4 aromatic rings. The van der Waals surface area contributed by atoms with Gasteiger partial charge in [0.15, 0.2) is 0 Å². The van der Waals surface area contributed by atoms with E-state index in [0.717, 1.165) is 0 Å². The van der Waals surface area contributed by atoms with Crippen molar-refractivity contribution in [3.63, 3.8) is 0 Å². The second kappa shape index (κ2) is 8.27. The maximum absolute atomic E-state index is 2.40. The van der Waals surface area contributed by atoms with Crippen LogP contribution in [0.4, 0.5) is 0 Å². The second-order valence-electron chi connectivity index (χ2n) is 7.40. The van der Waals surface area contributed by atoms with Crippen molar-refractivity contribution in [2.45, 2.75) is 13.0 Å². The molecule has 28 heavy (non-hydrogen) atoms. The Hall–Kier alpha value is -2.47. The molecular weight excluding hydrogens is 357 g/mol. The standard InChI is InChI=1S/C26H26NP/c1-20(27(2)3)22-18-17-21-11-10-16-26(25(21)19-22)28(23-12-6-4-7-13-23)24-14-8-5-9-15-24/h4-20H,1-3H3. The lowest BCUT2D eigenvalue weighted by atomic mass is 10.0. The van der Waals surface area contributed by atoms with Crippen LogP contribution in [0.25, 0.3) is 10.8 Å². The highest BCUT2D eigenvalue weighted by atomic mass is 31.1. The fourth-order valence-electron chi connectivity index (χ4n) is 3.61. The van der Waals surface area contributed by atoms with Crippen LogP contribution in [-0.4, -0.2) is 19.0 Å². The molecule has 0 aliphatic rings. The Morgan fingerprint density at radius 2 is 1.29 bits per heavy atom. The molecule has 0 bridgehead atoms. The number of hydrogen-bond acceptors (Lipinski definition) is 1. The van der Waals surface area contributed by atoms with Crippen LogP contribution < -0.4 is 15.9 Å². The van der Waals surface area contributed by atoms with Crippen molar-refractivity contribution in [1.82, 2.24) is 4.90 Å². The minimum Gasteiger partial charge on any atom is -0.303 e. The molecule has 0 radical (unpaired) electrons. The lowest BCUT2D eigenvalue weighted by Crippen LogP contribution is -2.21. The summed E-state index contributed by atoms with van der Waals surface area (Å²) < 4.78 is 0. The third-order valence-electron chi connectivity index (χ3n) is 5.41. The van der Waals surface area contributed by atoms with Crippen LogP contribution in [-0.2, 0) is 0 Å². The van der Waals surface area contributed by atoms with Gasteiger partial charge in [-0.15, -0.1) is 0 Å².